The van der Waals surface area contributed by atoms with E-state index in [0.29, 0.717) is 18.7 Å². The molecule has 1 saturated heterocycles. The summed E-state index contributed by atoms with van der Waals surface area (Å²) >= 11 is 0. The summed E-state index contributed by atoms with van der Waals surface area (Å²) in [5.74, 6) is -0.719. The number of carbonyl (C=O) groups excluding carboxylic acids is 3. The van der Waals surface area contributed by atoms with E-state index in [-0.39, 0.29) is 24.3 Å². The quantitative estimate of drug-likeness (QED) is 0.799. The standard InChI is InChI=1S/C14H17N3O3/c1-10-13(19)15-7-8-17(10)12(18)9-16-14(20)11-5-3-2-4-6-11/h2-6,10H,7-9H2,1H3,(H,15,19)(H,16,20). The molecule has 1 heterocycles. The third-order valence-corrected chi connectivity index (χ3v) is 3.26. The summed E-state index contributed by atoms with van der Waals surface area (Å²) in [6.45, 7) is 2.48. The minimum Gasteiger partial charge on any atom is -0.353 e. The van der Waals surface area contributed by atoms with E-state index >= 15 is 0 Å². The maximum Gasteiger partial charge on any atom is 0.251 e. The summed E-state index contributed by atoms with van der Waals surface area (Å²) in [4.78, 5) is 36.8. The van der Waals surface area contributed by atoms with Crippen LogP contribution in [0.3, 0.4) is 0 Å². The van der Waals surface area contributed by atoms with Crippen molar-refractivity contribution >= 4 is 17.7 Å². The summed E-state index contributed by atoms with van der Waals surface area (Å²) in [6.07, 6.45) is 0. The smallest absolute Gasteiger partial charge is 0.251 e. The number of amides is 3. The lowest BCUT2D eigenvalue weighted by Gasteiger charge is -2.32. The third kappa shape index (κ3) is 3.14. The summed E-state index contributed by atoms with van der Waals surface area (Å²) < 4.78 is 0. The molecule has 1 aliphatic heterocycles. The second kappa shape index (κ2) is 6.18. The van der Waals surface area contributed by atoms with Crippen molar-refractivity contribution in [2.45, 2.75) is 13.0 Å². The van der Waals surface area contributed by atoms with Gasteiger partial charge in [0.15, 0.2) is 0 Å². The number of hydrogen-bond donors (Lipinski definition) is 2. The van der Waals surface area contributed by atoms with Crippen LogP contribution in [0.4, 0.5) is 0 Å². The Kier molecular flexibility index (Phi) is 4.34. The number of piperazine rings is 1. The molecule has 1 unspecified atom stereocenters. The molecule has 0 radical (unpaired) electrons. The summed E-state index contributed by atoms with van der Waals surface area (Å²) in [5.41, 5.74) is 0.504. The first kappa shape index (κ1) is 14.0. The van der Waals surface area contributed by atoms with Gasteiger partial charge in [-0.1, -0.05) is 18.2 Å². The summed E-state index contributed by atoms with van der Waals surface area (Å²) in [6, 6.07) is 8.19. The Morgan fingerprint density at radius 3 is 2.75 bits per heavy atom. The van der Waals surface area contributed by atoms with E-state index in [4.69, 9.17) is 0 Å². The highest BCUT2D eigenvalue weighted by molar-refractivity contribution is 5.97. The lowest BCUT2D eigenvalue weighted by atomic mass is 10.2. The molecule has 2 rings (SSSR count). The van der Waals surface area contributed by atoms with Crippen molar-refractivity contribution in [2.75, 3.05) is 19.6 Å². The van der Waals surface area contributed by atoms with E-state index in [9.17, 15) is 14.4 Å². The molecule has 0 spiro atoms. The minimum absolute atomic E-state index is 0.106. The van der Waals surface area contributed by atoms with E-state index in [2.05, 4.69) is 10.6 Å². The first-order valence-corrected chi connectivity index (χ1v) is 6.50. The van der Waals surface area contributed by atoms with Gasteiger partial charge in [0.1, 0.15) is 6.04 Å². The molecule has 1 atom stereocenters. The molecule has 0 saturated carbocycles. The van der Waals surface area contributed by atoms with Crippen LogP contribution < -0.4 is 10.6 Å². The van der Waals surface area contributed by atoms with E-state index in [1.165, 1.54) is 4.90 Å². The van der Waals surface area contributed by atoms with E-state index in [1.807, 2.05) is 6.07 Å². The lowest BCUT2D eigenvalue weighted by Crippen LogP contribution is -2.57. The number of hydrogen-bond acceptors (Lipinski definition) is 3. The lowest BCUT2D eigenvalue weighted by molar-refractivity contribution is -0.141. The minimum atomic E-state index is -0.495. The van der Waals surface area contributed by atoms with Gasteiger partial charge in [-0.3, -0.25) is 14.4 Å². The zero-order chi connectivity index (χ0) is 14.5. The predicted octanol–water partition coefficient (Wildman–Crippen LogP) is -0.237. The van der Waals surface area contributed by atoms with Crippen molar-refractivity contribution in [2.24, 2.45) is 0 Å². The van der Waals surface area contributed by atoms with Gasteiger partial charge in [0.25, 0.3) is 5.91 Å². The van der Waals surface area contributed by atoms with Gasteiger partial charge in [-0.15, -0.1) is 0 Å². The van der Waals surface area contributed by atoms with Gasteiger partial charge in [0.2, 0.25) is 11.8 Å². The molecule has 0 bridgehead atoms. The largest absolute Gasteiger partial charge is 0.353 e. The highest BCUT2D eigenvalue weighted by atomic mass is 16.2. The topological polar surface area (TPSA) is 78.5 Å². The van der Waals surface area contributed by atoms with Gasteiger partial charge >= 0.3 is 0 Å². The SMILES string of the molecule is CC1C(=O)NCCN1C(=O)CNC(=O)c1ccccc1. The first-order chi connectivity index (χ1) is 9.59. The molecular weight excluding hydrogens is 258 g/mol. The number of benzene rings is 1. The van der Waals surface area contributed by atoms with Crippen molar-refractivity contribution in [3.8, 4) is 0 Å². The molecule has 1 aromatic rings. The van der Waals surface area contributed by atoms with Crippen molar-refractivity contribution in [3.63, 3.8) is 0 Å². The second-order valence-electron chi connectivity index (χ2n) is 4.60. The highest BCUT2D eigenvalue weighted by Gasteiger charge is 2.29. The van der Waals surface area contributed by atoms with Crippen LogP contribution in [0.5, 0.6) is 0 Å². The van der Waals surface area contributed by atoms with Crippen LogP contribution in [0, 0.1) is 0 Å². The van der Waals surface area contributed by atoms with Gasteiger partial charge in [-0.2, -0.15) is 0 Å². The number of rotatable bonds is 3. The molecule has 6 heteroatoms. The Hall–Kier alpha value is -2.37. The molecule has 0 aliphatic carbocycles. The maximum atomic E-state index is 12.0. The third-order valence-electron chi connectivity index (χ3n) is 3.26. The average molecular weight is 275 g/mol. The van der Waals surface area contributed by atoms with Crippen LogP contribution in [0.1, 0.15) is 17.3 Å². The molecule has 0 aromatic heterocycles. The molecule has 2 N–H and O–H groups in total. The Bertz CT molecular complexity index is 516. The van der Waals surface area contributed by atoms with Gasteiger partial charge in [0.05, 0.1) is 6.54 Å². The van der Waals surface area contributed by atoms with Crippen LogP contribution in [-0.4, -0.2) is 48.3 Å². The first-order valence-electron chi connectivity index (χ1n) is 6.50. The average Bonchev–Trinajstić information content (AvgIpc) is 2.48. The fourth-order valence-corrected chi connectivity index (χ4v) is 2.07. The van der Waals surface area contributed by atoms with Crippen LogP contribution in [0.25, 0.3) is 0 Å². The number of carbonyl (C=O) groups is 3. The molecule has 1 fully saturated rings. The second-order valence-corrected chi connectivity index (χ2v) is 4.60. The van der Waals surface area contributed by atoms with Gasteiger partial charge < -0.3 is 15.5 Å². The zero-order valence-electron chi connectivity index (χ0n) is 11.3. The highest BCUT2D eigenvalue weighted by Crippen LogP contribution is 2.04. The zero-order valence-corrected chi connectivity index (χ0v) is 11.3. The van der Waals surface area contributed by atoms with Crippen molar-refractivity contribution < 1.29 is 14.4 Å². The van der Waals surface area contributed by atoms with Crippen LogP contribution in [0.2, 0.25) is 0 Å². The Morgan fingerprint density at radius 2 is 2.05 bits per heavy atom. The fourth-order valence-electron chi connectivity index (χ4n) is 2.07. The maximum absolute atomic E-state index is 12.0. The Morgan fingerprint density at radius 1 is 1.35 bits per heavy atom. The van der Waals surface area contributed by atoms with Crippen LogP contribution in [-0.2, 0) is 9.59 Å². The molecule has 6 nitrogen and oxygen atoms in total. The molecule has 3 amide bonds. The van der Waals surface area contributed by atoms with E-state index < -0.39 is 6.04 Å². The molecular formula is C14H17N3O3. The number of nitrogens with zero attached hydrogens (tertiary/aromatic N) is 1. The van der Waals surface area contributed by atoms with Gasteiger partial charge in [-0.25, -0.2) is 0 Å². The van der Waals surface area contributed by atoms with E-state index in [1.54, 1.807) is 31.2 Å². The van der Waals surface area contributed by atoms with Crippen molar-refractivity contribution in [1.82, 2.24) is 15.5 Å². The predicted molar refractivity (Wildman–Crippen MR) is 73.0 cm³/mol. The number of nitrogens with one attached hydrogen (secondary N) is 2. The summed E-state index contributed by atoms with van der Waals surface area (Å²) in [5, 5.41) is 5.26. The van der Waals surface area contributed by atoms with Crippen LogP contribution in [0.15, 0.2) is 30.3 Å². The molecule has 20 heavy (non-hydrogen) atoms. The van der Waals surface area contributed by atoms with E-state index in [0.717, 1.165) is 0 Å². The van der Waals surface area contributed by atoms with Crippen molar-refractivity contribution in [3.05, 3.63) is 35.9 Å². The summed E-state index contributed by atoms with van der Waals surface area (Å²) in [7, 11) is 0. The van der Waals surface area contributed by atoms with Gasteiger partial charge in [-0.05, 0) is 19.1 Å². The van der Waals surface area contributed by atoms with Gasteiger partial charge in [0, 0.05) is 18.7 Å². The van der Waals surface area contributed by atoms with Crippen LogP contribution >= 0.6 is 0 Å². The normalized spacial score (nSPS) is 18.4. The molecule has 1 aromatic carbocycles. The molecule has 1 aliphatic rings. The molecule has 106 valence electrons. The Balaban J connectivity index is 1.89. The Labute approximate surface area is 117 Å². The fraction of sp³-hybridized carbons (Fsp3) is 0.357. The monoisotopic (exact) mass is 275 g/mol. The van der Waals surface area contributed by atoms with Crippen molar-refractivity contribution in [1.29, 1.82) is 0 Å².